The Morgan fingerprint density at radius 3 is 2.43 bits per heavy atom. The predicted molar refractivity (Wildman–Crippen MR) is 79.6 cm³/mol. The van der Waals surface area contributed by atoms with E-state index in [1.807, 2.05) is 18.2 Å². The van der Waals surface area contributed by atoms with Gasteiger partial charge in [0.15, 0.2) is 5.78 Å². The molecule has 0 aliphatic carbocycles. The van der Waals surface area contributed by atoms with Gasteiger partial charge in [-0.25, -0.2) is 0 Å². The van der Waals surface area contributed by atoms with Gasteiger partial charge in [0.05, 0.1) is 12.2 Å². The van der Waals surface area contributed by atoms with Crippen LogP contribution in [0.5, 0.6) is 5.75 Å². The molecule has 0 saturated carbocycles. The van der Waals surface area contributed by atoms with E-state index < -0.39 is 5.91 Å². The van der Waals surface area contributed by atoms with Crippen molar-refractivity contribution in [3.8, 4) is 16.9 Å². The third-order valence-corrected chi connectivity index (χ3v) is 3.67. The van der Waals surface area contributed by atoms with E-state index in [0.717, 1.165) is 23.1 Å². The van der Waals surface area contributed by atoms with Crippen LogP contribution in [0.15, 0.2) is 36.4 Å². The number of ketones is 1. The maximum atomic E-state index is 11.6. The minimum atomic E-state index is -0.490. The molecule has 2 N–H and O–H groups in total. The molecule has 1 amide bonds. The van der Waals surface area contributed by atoms with Crippen molar-refractivity contribution in [1.82, 2.24) is 0 Å². The van der Waals surface area contributed by atoms with Crippen LogP contribution >= 0.6 is 0 Å². The zero-order valence-electron chi connectivity index (χ0n) is 11.7. The van der Waals surface area contributed by atoms with E-state index in [4.69, 9.17) is 10.5 Å². The molecule has 1 aliphatic heterocycles. The average Bonchev–Trinajstić information content (AvgIpc) is 2.94. The molecule has 1 heterocycles. The van der Waals surface area contributed by atoms with Gasteiger partial charge >= 0.3 is 0 Å². The number of Topliss-reactive ketones (excluding diaryl/α,β-unsaturated/α-hetero) is 1. The van der Waals surface area contributed by atoms with Gasteiger partial charge in [0.25, 0.3) is 5.91 Å². The van der Waals surface area contributed by atoms with Gasteiger partial charge < -0.3 is 10.5 Å². The molecule has 0 aromatic heterocycles. The quantitative estimate of drug-likeness (QED) is 0.879. The number of primary amides is 1. The lowest BCUT2D eigenvalue weighted by Gasteiger charge is -2.09. The highest BCUT2D eigenvalue weighted by molar-refractivity contribution is 5.98. The van der Waals surface area contributed by atoms with E-state index in [1.54, 1.807) is 18.2 Å². The number of rotatable bonds is 3. The summed E-state index contributed by atoms with van der Waals surface area (Å²) in [7, 11) is 0. The molecule has 0 fully saturated rings. The van der Waals surface area contributed by atoms with Crippen molar-refractivity contribution in [3.63, 3.8) is 0 Å². The van der Waals surface area contributed by atoms with E-state index in [-0.39, 0.29) is 5.78 Å². The van der Waals surface area contributed by atoms with Gasteiger partial charge in [-0.3, -0.25) is 9.59 Å². The van der Waals surface area contributed by atoms with Crippen molar-refractivity contribution in [2.45, 2.75) is 13.3 Å². The van der Waals surface area contributed by atoms with Gasteiger partial charge in [0, 0.05) is 12.0 Å². The number of amides is 1. The number of hydrogen-bond acceptors (Lipinski definition) is 3. The summed E-state index contributed by atoms with van der Waals surface area (Å²) in [5.41, 5.74) is 9.36. The Morgan fingerprint density at radius 1 is 1.10 bits per heavy atom. The molecule has 0 saturated heterocycles. The van der Waals surface area contributed by atoms with Crippen LogP contribution in [0.25, 0.3) is 11.1 Å². The van der Waals surface area contributed by atoms with Gasteiger partial charge in [-0.05, 0) is 35.7 Å². The zero-order chi connectivity index (χ0) is 15.0. The molecule has 0 bridgehead atoms. The highest BCUT2D eigenvalue weighted by Gasteiger charge is 2.21. The average molecular weight is 281 g/mol. The van der Waals surface area contributed by atoms with Gasteiger partial charge in [-0.2, -0.15) is 0 Å². The van der Waals surface area contributed by atoms with E-state index >= 15 is 0 Å². The minimum absolute atomic E-state index is 0.0294. The summed E-state index contributed by atoms with van der Waals surface area (Å²) >= 11 is 0. The maximum absolute atomic E-state index is 11.6. The third kappa shape index (κ3) is 2.40. The number of carbonyl (C=O) groups excluding carboxylic acids is 2. The Labute approximate surface area is 122 Å². The van der Waals surface area contributed by atoms with Crippen LogP contribution in [0.1, 0.15) is 33.2 Å². The smallest absolute Gasteiger partial charge is 0.252 e. The second kappa shape index (κ2) is 5.05. The molecule has 0 atom stereocenters. The van der Waals surface area contributed by atoms with Crippen LogP contribution < -0.4 is 10.5 Å². The van der Waals surface area contributed by atoms with E-state index in [2.05, 4.69) is 0 Å². The first-order valence-electron chi connectivity index (χ1n) is 6.77. The van der Waals surface area contributed by atoms with E-state index in [0.29, 0.717) is 23.5 Å². The molecule has 4 heteroatoms. The summed E-state index contributed by atoms with van der Waals surface area (Å²) in [6, 6.07) is 11.1. The summed E-state index contributed by atoms with van der Waals surface area (Å²) < 4.78 is 5.49. The fraction of sp³-hybridized carbons (Fsp3) is 0.176. The first-order valence-corrected chi connectivity index (χ1v) is 6.77. The zero-order valence-corrected chi connectivity index (χ0v) is 11.7. The molecule has 3 rings (SSSR count). The van der Waals surface area contributed by atoms with Crippen molar-refractivity contribution in [1.29, 1.82) is 0 Å². The van der Waals surface area contributed by atoms with Gasteiger partial charge in [0.2, 0.25) is 0 Å². The Hall–Kier alpha value is -2.62. The van der Waals surface area contributed by atoms with Gasteiger partial charge in [-0.1, -0.05) is 24.3 Å². The molecule has 0 radical (unpaired) electrons. The van der Waals surface area contributed by atoms with Crippen LogP contribution in [0, 0.1) is 0 Å². The molecule has 4 nitrogen and oxygen atoms in total. The Kier molecular flexibility index (Phi) is 3.22. The lowest BCUT2D eigenvalue weighted by Crippen LogP contribution is -2.12. The molecule has 106 valence electrons. The highest BCUT2D eigenvalue weighted by Crippen LogP contribution is 2.34. The minimum Gasteiger partial charge on any atom is -0.492 e. The lowest BCUT2D eigenvalue weighted by molar-refractivity contribution is 0.0993. The SMILES string of the molecule is CC(=O)c1ccc(-c2cc3c(c(C(N)=O)c2)OCC3)cc1. The second-order valence-electron chi connectivity index (χ2n) is 5.11. The van der Waals surface area contributed by atoms with Crippen molar-refractivity contribution < 1.29 is 14.3 Å². The summed E-state index contributed by atoms with van der Waals surface area (Å²) in [5, 5.41) is 0. The predicted octanol–water partition coefficient (Wildman–Crippen LogP) is 2.59. The number of fused-ring (bicyclic) bond motifs is 1. The molecule has 2 aromatic carbocycles. The van der Waals surface area contributed by atoms with Gasteiger partial charge in [0.1, 0.15) is 5.75 Å². The number of nitrogens with two attached hydrogens (primary N) is 1. The first-order chi connectivity index (χ1) is 10.1. The summed E-state index contributed by atoms with van der Waals surface area (Å²) in [5.74, 6) is 0.142. The van der Waals surface area contributed by atoms with Crippen molar-refractivity contribution in [3.05, 3.63) is 53.1 Å². The first kappa shape index (κ1) is 13.4. The number of ether oxygens (including phenoxy) is 1. The van der Waals surface area contributed by atoms with Crippen molar-refractivity contribution in [2.24, 2.45) is 5.73 Å². The highest BCUT2D eigenvalue weighted by atomic mass is 16.5. The number of hydrogen-bond donors (Lipinski definition) is 1. The van der Waals surface area contributed by atoms with Crippen LogP contribution in [0.3, 0.4) is 0 Å². The topological polar surface area (TPSA) is 69.4 Å². The summed E-state index contributed by atoms with van der Waals surface area (Å²) in [6.45, 7) is 2.11. The Morgan fingerprint density at radius 2 is 1.81 bits per heavy atom. The van der Waals surface area contributed by atoms with Gasteiger partial charge in [-0.15, -0.1) is 0 Å². The molecular weight excluding hydrogens is 266 g/mol. The molecule has 0 unspecified atom stereocenters. The standard InChI is InChI=1S/C17H15NO3/c1-10(19)11-2-4-12(5-3-11)14-8-13-6-7-21-16(13)15(9-14)17(18)20/h2-5,8-9H,6-7H2,1H3,(H2,18,20). The van der Waals surface area contributed by atoms with Crippen molar-refractivity contribution >= 4 is 11.7 Å². The maximum Gasteiger partial charge on any atom is 0.252 e. The third-order valence-electron chi connectivity index (χ3n) is 3.67. The van der Waals surface area contributed by atoms with E-state index in [1.165, 1.54) is 6.92 Å². The second-order valence-corrected chi connectivity index (χ2v) is 5.11. The van der Waals surface area contributed by atoms with Crippen LogP contribution in [-0.2, 0) is 6.42 Å². The molecule has 0 spiro atoms. The Balaban J connectivity index is 2.08. The van der Waals surface area contributed by atoms with Crippen LogP contribution in [0.4, 0.5) is 0 Å². The van der Waals surface area contributed by atoms with E-state index in [9.17, 15) is 9.59 Å². The fourth-order valence-electron chi connectivity index (χ4n) is 2.56. The van der Waals surface area contributed by atoms with Crippen LogP contribution in [0.2, 0.25) is 0 Å². The molecule has 21 heavy (non-hydrogen) atoms. The molecule has 2 aromatic rings. The molecular formula is C17H15NO3. The van der Waals surface area contributed by atoms with Crippen molar-refractivity contribution in [2.75, 3.05) is 6.61 Å². The fourth-order valence-corrected chi connectivity index (χ4v) is 2.56. The largest absolute Gasteiger partial charge is 0.492 e. The monoisotopic (exact) mass is 281 g/mol. The number of benzene rings is 2. The summed E-state index contributed by atoms with van der Waals surface area (Å²) in [4.78, 5) is 22.9. The van der Waals surface area contributed by atoms with Crippen LogP contribution in [-0.4, -0.2) is 18.3 Å². The lowest BCUT2D eigenvalue weighted by atomic mass is 9.97. The number of carbonyl (C=O) groups is 2. The normalized spacial score (nSPS) is 12.6. The summed E-state index contributed by atoms with van der Waals surface area (Å²) in [6.07, 6.45) is 0.773. The Bertz CT molecular complexity index is 732. The molecule has 1 aliphatic rings.